The number of rotatable bonds is 7. The van der Waals surface area contributed by atoms with E-state index in [1.807, 2.05) is 30.3 Å². The van der Waals surface area contributed by atoms with E-state index in [1.165, 1.54) is 12.1 Å². The highest BCUT2D eigenvalue weighted by molar-refractivity contribution is 9.10. The molecule has 2 aromatic rings. The summed E-state index contributed by atoms with van der Waals surface area (Å²) in [6.07, 6.45) is -0.663. The summed E-state index contributed by atoms with van der Waals surface area (Å²) >= 11 is 3.32. The lowest BCUT2D eigenvalue weighted by atomic mass is 10.2. The van der Waals surface area contributed by atoms with Gasteiger partial charge < -0.3 is 15.2 Å². The molecule has 0 heterocycles. The monoisotopic (exact) mass is 353 g/mol. The second kappa shape index (κ2) is 8.12. The van der Waals surface area contributed by atoms with Crippen LogP contribution in [0.4, 0.5) is 10.1 Å². The summed E-state index contributed by atoms with van der Waals surface area (Å²) in [6.45, 7) is 0.966. The fourth-order valence-electron chi connectivity index (χ4n) is 1.81. The Hall–Kier alpha value is -1.43. The number of ether oxygens (including phenoxy) is 1. The van der Waals surface area contributed by atoms with E-state index in [0.717, 1.165) is 10.0 Å². The van der Waals surface area contributed by atoms with Crippen LogP contribution in [0.1, 0.15) is 5.56 Å². The van der Waals surface area contributed by atoms with Crippen molar-refractivity contribution in [1.29, 1.82) is 0 Å². The van der Waals surface area contributed by atoms with Crippen molar-refractivity contribution < 1.29 is 14.2 Å². The summed E-state index contributed by atoms with van der Waals surface area (Å²) < 4.78 is 19.3. The maximum absolute atomic E-state index is 13.1. The second-order valence-corrected chi connectivity index (χ2v) is 5.51. The molecule has 0 fully saturated rings. The predicted molar refractivity (Wildman–Crippen MR) is 84.7 cm³/mol. The Balaban J connectivity index is 1.72. The van der Waals surface area contributed by atoms with Gasteiger partial charge in [0, 0.05) is 11.0 Å². The summed E-state index contributed by atoms with van der Waals surface area (Å²) in [5, 5.41) is 12.8. The Bertz CT molecular complexity index is 565. The van der Waals surface area contributed by atoms with Gasteiger partial charge in [-0.2, -0.15) is 0 Å². The van der Waals surface area contributed by atoms with Crippen molar-refractivity contribution >= 4 is 21.6 Å². The zero-order valence-electron chi connectivity index (χ0n) is 11.4. The van der Waals surface area contributed by atoms with Gasteiger partial charge in [0.15, 0.2) is 0 Å². The zero-order valence-corrected chi connectivity index (χ0v) is 13.0. The molecule has 0 spiro atoms. The van der Waals surface area contributed by atoms with Crippen LogP contribution in [-0.4, -0.2) is 24.4 Å². The third-order valence-corrected chi connectivity index (χ3v) is 3.57. The molecule has 0 aliphatic carbocycles. The van der Waals surface area contributed by atoms with E-state index in [1.54, 1.807) is 6.07 Å². The van der Waals surface area contributed by atoms with Gasteiger partial charge >= 0.3 is 0 Å². The van der Waals surface area contributed by atoms with Crippen molar-refractivity contribution in [1.82, 2.24) is 0 Å². The van der Waals surface area contributed by atoms with Gasteiger partial charge in [0.05, 0.1) is 25.0 Å². The lowest BCUT2D eigenvalue weighted by Gasteiger charge is -2.14. The zero-order chi connectivity index (χ0) is 15.1. The van der Waals surface area contributed by atoms with Crippen molar-refractivity contribution in [3.05, 3.63) is 64.4 Å². The Labute approximate surface area is 131 Å². The Morgan fingerprint density at radius 1 is 1.19 bits per heavy atom. The van der Waals surface area contributed by atoms with E-state index in [-0.39, 0.29) is 19.0 Å². The van der Waals surface area contributed by atoms with Crippen LogP contribution in [0.25, 0.3) is 0 Å². The quantitative estimate of drug-likeness (QED) is 0.799. The van der Waals surface area contributed by atoms with Crippen LogP contribution in [0, 0.1) is 5.82 Å². The summed E-state index contributed by atoms with van der Waals surface area (Å²) in [5.74, 6) is -0.324. The van der Waals surface area contributed by atoms with Crippen LogP contribution in [0.15, 0.2) is 53.0 Å². The van der Waals surface area contributed by atoms with Crippen LogP contribution in [0.3, 0.4) is 0 Å². The summed E-state index contributed by atoms with van der Waals surface area (Å²) in [7, 11) is 0. The molecular formula is C16H17BrFNO2. The predicted octanol–water partition coefficient (Wildman–Crippen LogP) is 3.58. The number of aliphatic hydroxyl groups excluding tert-OH is 1. The van der Waals surface area contributed by atoms with Crippen molar-refractivity contribution in [3.63, 3.8) is 0 Å². The number of hydrogen-bond donors (Lipinski definition) is 2. The molecule has 0 bridgehead atoms. The SMILES string of the molecule is OC(CNc1cc(F)ccc1Br)COCc1ccccc1. The van der Waals surface area contributed by atoms with Crippen LogP contribution in [0.5, 0.6) is 0 Å². The van der Waals surface area contributed by atoms with E-state index in [0.29, 0.717) is 12.3 Å². The minimum Gasteiger partial charge on any atom is -0.389 e. The molecule has 2 rings (SSSR count). The molecule has 2 aromatic carbocycles. The molecular weight excluding hydrogens is 337 g/mol. The first kappa shape index (κ1) is 15.9. The van der Waals surface area contributed by atoms with Crippen molar-refractivity contribution in [2.75, 3.05) is 18.5 Å². The normalized spacial score (nSPS) is 12.1. The van der Waals surface area contributed by atoms with Crippen LogP contribution in [-0.2, 0) is 11.3 Å². The van der Waals surface area contributed by atoms with E-state index >= 15 is 0 Å². The Kier molecular flexibility index (Phi) is 6.17. The Morgan fingerprint density at radius 2 is 1.95 bits per heavy atom. The minimum atomic E-state index is -0.663. The molecule has 0 radical (unpaired) electrons. The maximum Gasteiger partial charge on any atom is 0.125 e. The molecule has 0 amide bonds. The number of hydrogen-bond acceptors (Lipinski definition) is 3. The Morgan fingerprint density at radius 3 is 2.71 bits per heavy atom. The van der Waals surface area contributed by atoms with Gasteiger partial charge in [0.2, 0.25) is 0 Å². The van der Waals surface area contributed by atoms with Crippen molar-refractivity contribution in [3.8, 4) is 0 Å². The third kappa shape index (κ3) is 5.46. The van der Waals surface area contributed by atoms with Gasteiger partial charge in [-0.1, -0.05) is 30.3 Å². The summed E-state index contributed by atoms with van der Waals surface area (Å²) in [6, 6.07) is 14.1. The van der Waals surface area contributed by atoms with Gasteiger partial charge in [0.25, 0.3) is 0 Å². The number of halogens is 2. The van der Waals surface area contributed by atoms with Gasteiger partial charge in [-0.15, -0.1) is 0 Å². The number of nitrogens with one attached hydrogen (secondary N) is 1. The maximum atomic E-state index is 13.1. The lowest BCUT2D eigenvalue weighted by Crippen LogP contribution is -2.25. The first-order valence-electron chi connectivity index (χ1n) is 6.64. The number of benzene rings is 2. The molecule has 2 N–H and O–H groups in total. The molecule has 0 aliphatic rings. The molecule has 3 nitrogen and oxygen atoms in total. The highest BCUT2D eigenvalue weighted by atomic mass is 79.9. The van der Waals surface area contributed by atoms with Crippen LogP contribution >= 0.6 is 15.9 Å². The van der Waals surface area contributed by atoms with Gasteiger partial charge in [-0.3, -0.25) is 0 Å². The number of anilines is 1. The fraction of sp³-hybridized carbons (Fsp3) is 0.250. The third-order valence-electron chi connectivity index (χ3n) is 2.88. The fourth-order valence-corrected chi connectivity index (χ4v) is 2.19. The standard InChI is InChI=1S/C16H17BrFNO2/c17-15-7-6-13(18)8-16(15)19-9-14(20)11-21-10-12-4-2-1-3-5-12/h1-8,14,19-20H,9-11H2. The van der Waals surface area contributed by atoms with Crippen LogP contribution < -0.4 is 5.32 Å². The number of aliphatic hydroxyl groups is 1. The second-order valence-electron chi connectivity index (χ2n) is 4.66. The van der Waals surface area contributed by atoms with E-state index < -0.39 is 6.10 Å². The average Bonchev–Trinajstić information content (AvgIpc) is 2.49. The molecule has 0 aliphatic heterocycles. The summed E-state index contributed by atoms with van der Waals surface area (Å²) in [4.78, 5) is 0. The molecule has 5 heteroatoms. The topological polar surface area (TPSA) is 41.5 Å². The molecule has 0 saturated heterocycles. The summed E-state index contributed by atoms with van der Waals surface area (Å²) in [5.41, 5.74) is 1.67. The highest BCUT2D eigenvalue weighted by Gasteiger charge is 2.07. The smallest absolute Gasteiger partial charge is 0.125 e. The van der Waals surface area contributed by atoms with E-state index in [2.05, 4.69) is 21.2 Å². The van der Waals surface area contributed by atoms with Gasteiger partial charge in [-0.25, -0.2) is 4.39 Å². The molecule has 21 heavy (non-hydrogen) atoms. The average molecular weight is 354 g/mol. The van der Waals surface area contributed by atoms with Crippen LogP contribution in [0.2, 0.25) is 0 Å². The molecule has 1 atom stereocenters. The molecule has 1 unspecified atom stereocenters. The first-order valence-corrected chi connectivity index (χ1v) is 7.43. The molecule has 0 saturated carbocycles. The highest BCUT2D eigenvalue weighted by Crippen LogP contribution is 2.22. The van der Waals surface area contributed by atoms with E-state index in [9.17, 15) is 9.50 Å². The minimum absolute atomic E-state index is 0.217. The van der Waals surface area contributed by atoms with Gasteiger partial charge in [0.1, 0.15) is 5.82 Å². The van der Waals surface area contributed by atoms with E-state index in [4.69, 9.17) is 4.74 Å². The van der Waals surface area contributed by atoms with Crippen molar-refractivity contribution in [2.24, 2.45) is 0 Å². The lowest BCUT2D eigenvalue weighted by molar-refractivity contribution is 0.0348. The largest absolute Gasteiger partial charge is 0.389 e. The first-order chi connectivity index (χ1) is 10.1. The molecule has 0 aromatic heterocycles. The molecule has 112 valence electrons. The van der Waals surface area contributed by atoms with Gasteiger partial charge in [-0.05, 0) is 39.7 Å². The van der Waals surface area contributed by atoms with Crippen molar-refractivity contribution in [2.45, 2.75) is 12.7 Å².